The van der Waals surface area contributed by atoms with Gasteiger partial charge in [-0.3, -0.25) is 10.1 Å². The molecule has 1 N–H and O–H groups in total. The van der Waals surface area contributed by atoms with Crippen molar-refractivity contribution in [3.05, 3.63) is 40.0 Å². The fourth-order valence-electron chi connectivity index (χ4n) is 2.48. The SMILES string of the molecule is O=[N+]([O-])c1ccc(NCc2nnc3n2CCC3)c(OC(F)F)c1. The second-order valence-electron chi connectivity index (χ2n) is 4.96. The molecule has 2 aromatic rings. The fraction of sp³-hybridized carbons (Fsp3) is 0.385. The average molecular weight is 325 g/mol. The summed E-state index contributed by atoms with van der Waals surface area (Å²) >= 11 is 0. The van der Waals surface area contributed by atoms with E-state index in [2.05, 4.69) is 20.3 Å². The Morgan fingerprint density at radius 1 is 1.43 bits per heavy atom. The van der Waals surface area contributed by atoms with Crippen LogP contribution in [0.1, 0.15) is 18.1 Å². The summed E-state index contributed by atoms with van der Waals surface area (Å²) < 4.78 is 31.3. The molecule has 2 heterocycles. The van der Waals surface area contributed by atoms with Gasteiger partial charge in [0.2, 0.25) is 0 Å². The van der Waals surface area contributed by atoms with Crippen molar-refractivity contribution >= 4 is 11.4 Å². The lowest BCUT2D eigenvalue weighted by Gasteiger charge is -2.12. The number of rotatable bonds is 6. The van der Waals surface area contributed by atoms with Crippen molar-refractivity contribution in [2.45, 2.75) is 32.5 Å². The van der Waals surface area contributed by atoms with E-state index in [0.29, 0.717) is 5.82 Å². The number of ether oxygens (including phenoxy) is 1. The zero-order valence-electron chi connectivity index (χ0n) is 11.9. The maximum atomic E-state index is 12.5. The maximum Gasteiger partial charge on any atom is 0.387 e. The number of aryl methyl sites for hydroxylation is 1. The van der Waals surface area contributed by atoms with Crippen molar-refractivity contribution in [3.8, 4) is 5.75 Å². The van der Waals surface area contributed by atoms with Crippen LogP contribution in [0, 0.1) is 10.1 Å². The Balaban J connectivity index is 1.79. The van der Waals surface area contributed by atoms with Crippen molar-refractivity contribution in [2.75, 3.05) is 5.32 Å². The van der Waals surface area contributed by atoms with Crippen LogP contribution in [0.5, 0.6) is 5.75 Å². The number of fused-ring (bicyclic) bond motifs is 1. The van der Waals surface area contributed by atoms with E-state index in [4.69, 9.17) is 0 Å². The summed E-state index contributed by atoms with van der Waals surface area (Å²) in [5, 5.41) is 21.7. The second-order valence-corrected chi connectivity index (χ2v) is 4.96. The Labute approximate surface area is 129 Å². The number of halogens is 2. The predicted molar refractivity (Wildman–Crippen MR) is 75.4 cm³/mol. The van der Waals surface area contributed by atoms with E-state index >= 15 is 0 Å². The molecular weight excluding hydrogens is 312 g/mol. The highest BCUT2D eigenvalue weighted by Crippen LogP contribution is 2.31. The van der Waals surface area contributed by atoms with Crippen LogP contribution in [-0.4, -0.2) is 26.3 Å². The molecule has 10 heteroatoms. The molecule has 0 unspecified atom stereocenters. The summed E-state index contributed by atoms with van der Waals surface area (Å²) in [6, 6.07) is 3.51. The molecule has 0 radical (unpaired) electrons. The number of anilines is 1. The minimum Gasteiger partial charge on any atom is -0.432 e. The molecule has 23 heavy (non-hydrogen) atoms. The molecule has 0 saturated heterocycles. The predicted octanol–water partition coefficient (Wildman–Crippen LogP) is 2.35. The van der Waals surface area contributed by atoms with Crippen LogP contribution in [0.15, 0.2) is 18.2 Å². The van der Waals surface area contributed by atoms with E-state index in [1.54, 1.807) is 0 Å². The van der Waals surface area contributed by atoms with E-state index in [1.165, 1.54) is 12.1 Å². The second kappa shape index (κ2) is 6.15. The van der Waals surface area contributed by atoms with Gasteiger partial charge in [-0.2, -0.15) is 8.78 Å². The van der Waals surface area contributed by atoms with Crippen LogP contribution in [0.3, 0.4) is 0 Å². The van der Waals surface area contributed by atoms with Gasteiger partial charge >= 0.3 is 6.61 Å². The average Bonchev–Trinajstić information content (AvgIpc) is 3.09. The smallest absolute Gasteiger partial charge is 0.387 e. The molecule has 1 aliphatic heterocycles. The zero-order valence-corrected chi connectivity index (χ0v) is 11.9. The third kappa shape index (κ3) is 3.20. The van der Waals surface area contributed by atoms with Crippen molar-refractivity contribution in [3.63, 3.8) is 0 Å². The minimum atomic E-state index is -3.07. The third-order valence-corrected chi connectivity index (χ3v) is 3.52. The Kier molecular flexibility index (Phi) is 4.04. The van der Waals surface area contributed by atoms with E-state index in [1.807, 2.05) is 4.57 Å². The molecule has 122 valence electrons. The first kappa shape index (κ1) is 15.1. The van der Waals surface area contributed by atoms with Crippen LogP contribution < -0.4 is 10.1 Å². The zero-order chi connectivity index (χ0) is 16.4. The van der Waals surface area contributed by atoms with Gasteiger partial charge in [0.05, 0.1) is 23.2 Å². The lowest BCUT2D eigenvalue weighted by atomic mass is 10.2. The number of nitro groups is 1. The highest BCUT2D eigenvalue weighted by atomic mass is 19.3. The number of hydrogen-bond donors (Lipinski definition) is 1. The van der Waals surface area contributed by atoms with Gasteiger partial charge in [0.25, 0.3) is 5.69 Å². The van der Waals surface area contributed by atoms with Gasteiger partial charge < -0.3 is 14.6 Å². The number of nitrogens with zero attached hydrogens (tertiary/aromatic N) is 4. The van der Waals surface area contributed by atoms with Crippen molar-refractivity contribution in [1.29, 1.82) is 0 Å². The third-order valence-electron chi connectivity index (χ3n) is 3.52. The molecule has 0 amide bonds. The molecular formula is C13H13F2N5O3. The number of aromatic nitrogens is 3. The van der Waals surface area contributed by atoms with Crippen LogP contribution in [0.2, 0.25) is 0 Å². The first-order chi connectivity index (χ1) is 11.0. The topological polar surface area (TPSA) is 95.1 Å². The normalized spacial score (nSPS) is 13.2. The van der Waals surface area contributed by atoms with E-state index in [9.17, 15) is 18.9 Å². The molecule has 1 aromatic carbocycles. The number of nitro benzene ring substituents is 1. The first-order valence-corrected chi connectivity index (χ1v) is 6.92. The summed E-state index contributed by atoms with van der Waals surface area (Å²) in [4.78, 5) is 10.1. The van der Waals surface area contributed by atoms with Gasteiger partial charge in [-0.05, 0) is 12.5 Å². The van der Waals surface area contributed by atoms with E-state index in [0.717, 1.165) is 31.3 Å². The van der Waals surface area contributed by atoms with E-state index < -0.39 is 11.5 Å². The van der Waals surface area contributed by atoms with Gasteiger partial charge in [0.1, 0.15) is 5.82 Å². The monoisotopic (exact) mass is 325 g/mol. The number of hydrogen-bond acceptors (Lipinski definition) is 6. The van der Waals surface area contributed by atoms with Crippen molar-refractivity contribution in [1.82, 2.24) is 14.8 Å². The van der Waals surface area contributed by atoms with Gasteiger partial charge in [-0.15, -0.1) is 10.2 Å². The van der Waals surface area contributed by atoms with E-state index in [-0.39, 0.29) is 23.7 Å². The Morgan fingerprint density at radius 3 is 3.00 bits per heavy atom. The summed E-state index contributed by atoms with van der Waals surface area (Å²) in [6.07, 6.45) is 1.86. The van der Waals surface area contributed by atoms with Crippen LogP contribution in [-0.2, 0) is 19.5 Å². The highest BCUT2D eigenvalue weighted by Gasteiger charge is 2.19. The lowest BCUT2D eigenvalue weighted by molar-refractivity contribution is -0.385. The number of nitrogens with one attached hydrogen (secondary N) is 1. The Hall–Kier alpha value is -2.78. The number of non-ortho nitro benzene ring substituents is 1. The minimum absolute atomic E-state index is 0.228. The summed E-state index contributed by atoms with van der Waals surface area (Å²) in [6.45, 7) is -2.00. The largest absolute Gasteiger partial charge is 0.432 e. The molecule has 0 fully saturated rings. The summed E-state index contributed by atoms with van der Waals surface area (Å²) in [5.74, 6) is 1.30. The molecule has 1 aromatic heterocycles. The summed E-state index contributed by atoms with van der Waals surface area (Å²) in [7, 11) is 0. The molecule has 8 nitrogen and oxygen atoms in total. The summed E-state index contributed by atoms with van der Waals surface area (Å²) in [5.41, 5.74) is -0.0965. The quantitative estimate of drug-likeness (QED) is 0.647. The van der Waals surface area contributed by atoms with Gasteiger partial charge in [-0.1, -0.05) is 0 Å². The molecule has 0 spiro atoms. The van der Waals surface area contributed by atoms with Crippen molar-refractivity contribution in [2.24, 2.45) is 0 Å². The van der Waals surface area contributed by atoms with Crippen LogP contribution in [0.25, 0.3) is 0 Å². The number of benzene rings is 1. The molecule has 1 aliphatic rings. The Bertz CT molecular complexity index is 734. The highest BCUT2D eigenvalue weighted by molar-refractivity contribution is 5.60. The maximum absolute atomic E-state index is 12.5. The fourth-order valence-corrected chi connectivity index (χ4v) is 2.48. The number of alkyl halides is 2. The van der Waals surface area contributed by atoms with Crippen molar-refractivity contribution < 1.29 is 18.4 Å². The van der Waals surface area contributed by atoms with Crippen LogP contribution >= 0.6 is 0 Å². The van der Waals surface area contributed by atoms with Gasteiger partial charge in [-0.25, -0.2) is 0 Å². The standard InChI is InChI=1S/C13H13F2N5O3/c14-13(15)23-10-6-8(20(21)22)3-4-9(10)16-7-12-18-17-11-2-1-5-19(11)12/h3-4,6,13,16H,1-2,5,7H2. The lowest BCUT2D eigenvalue weighted by Crippen LogP contribution is -2.10. The molecule has 0 bridgehead atoms. The first-order valence-electron chi connectivity index (χ1n) is 6.92. The van der Waals surface area contributed by atoms with Crippen LogP contribution in [0.4, 0.5) is 20.2 Å². The molecule has 0 saturated carbocycles. The molecule has 0 aliphatic carbocycles. The Morgan fingerprint density at radius 2 is 2.26 bits per heavy atom. The van der Waals surface area contributed by atoms with Gasteiger partial charge in [0, 0.05) is 19.0 Å². The molecule has 0 atom stereocenters. The molecule has 3 rings (SSSR count). The van der Waals surface area contributed by atoms with Gasteiger partial charge in [0.15, 0.2) is 11.6 Å².